The number of rotatable bonds is 3. The van der Waals surface area contributed by atoms with Crippen LogP contribution in [0.25, 0.3) is 0 Å². The fraction of sp³-hybridized carbons (Fsp3) is 0.667. The predicted octanol–water partition coefficient (Wildman–Crippen LogP) is 1.09. The number of hydrogen-bond acceptors (Lipinski definition) is 3. The summed E-state index contributed by atoms with van der Waals surface area (Å²) in [7, 11) is 0. The van der Waals surface area contributed by atoms with Crippen molar-refractivity contribution in [2.45, 2.75) is 37.8 Å². The maximum Gasteiger partial charge on any atom is 0.435 e. The third-order valence-electron chi connectivity index (χ3n) is 2.40. The van der Waals surface area contributed by atoms with Crippen molar-refractivity contribution < 1.29 is 23.4 Å². The largest absolute Gasteiger partial charge is 0.435 e. The summed E-state index contributed by atoms with van der Waals surface area (Å²) in [5.74, 6) is 0. The smallest absolute Gasteiger partial charge is 0.368 e. The molecular weight excluding hydrogens is 225 g/mol. The van der Waals surface area contributed by atoms with Gasteiger partial charge in [-0.1, -0.05) is 0 Å². The van der Waals surface area contributed by atoms with Gasteiger partial charge in [0.15, 0.2) is 12.0 Å². The molecule has 0 spiro atoms. The molecule has 1 aromatic rings. The van der Waals surface area contributed by atoms with Crippen LogP contribution < -0.4 is 0 Å². The minimum Gasteiger partial charge on any atom is -0.368 e. The maximum absolute atomic E-state index is 12.6. The van der Waals surface area contributed by atoms with E-state index in [4.69, 9.17) is 10.2 Å². The van der Waals surface area contributed by atoms with Crippen molar-refractivity contribution in [1.82, 2.24) is 9.78 Å². The van der Waals surface area contributed by atoms with Gasteiger partial charge in [-0.05, 0) is 12.8 Å². The molecule has 2 N–H and O–H groups in total. The lowest BCUT2D eigenvalue weighted by atomic mass is 10.2. The third-order valence-corrected chi connectivity index (χ3v) is 2.40. The minimum absolute atomic E-state index is 0.0330. The fourth-order valence-corrected chi connectivity index (χ4v) is 1.54. The molecular formula is C9H11F3N2O2. The van der Waals surface area contributed by atoms with E-state index in [1.807, 2.05) is 0 Å². The van der Waals surface area contributed by atoms with E-state index < -0.39 is 24.6 Å². The van der Waals surface area contributed by atoms with Crippen molar-refractivity contribution in [3.05, 3.63) is 17.5 Å². The molecule has 2 rings (SSSR count). The summed E-state index contributed by atoms with van der Waals surface area (Å²) in [6, 6.07) is 0.0330. The number of aromatic nitrogens is 2. The van der Waals surface area contributed by atoms with Crippen molar-refractivity contribution in [3.63, 3.8) is 0 Å². The second-order valence-electron chi connectivity index (χ2n) is 3.90. The molecule has 90 valence electrons. The van der Waals surface area contributed by atoms with Crippen LogP contribution in [0.1, 0.15) is 30.1 Å². The van der Waals surface area contributed by atoms with E-state index >= 15 is 0 Å². The first kappa shape index (κ1) is 11.4. The highest BCUT2D eigenvalue weighted by molar-refractivity contribution is 5.21. The highest BCUT2D eigenvalue weighted by atomic mass is 19.4. The minimum atomic E-state index is -4.55. The quantitative estimate of drug-likeness (QED) is 0.772. The normalized spacial score (nSPS) is 17.1. The summed E-state index contributed by atoms with van der Waals surface area (Å²) in [5.41, 5.74) is -1.19. The van der Waals surface area contributed by atoms with Gasteiger partial charge in [-0.3, -0.25) is 4.68 Å². The third kappa shape index (κ3) is 2.35. The van der Waals surface area contributed by atoms with Gasteiger partial charge in [0.05, 0.1) is 6.04 Å². The highest BCUT2D eigenvalue weighted by Crippen LogP contribution is 2.37. The Labute approximate surface area is 89.3 Å². The monoisotopic (exact) mass is 236 g/mol. The van der Waals surface area contributed by atoms with Gasteiger partial charge in [-0.15, -0.1) is 0 Å². The molecule has 0 bridgehead atoms. The summed E-state index contributed by atoms with van der Waals surface area (Å²) >= 11 is 0. The van der Waals surface area contributed by atoms with Crippen molar-refractivity contribution in [2.24, 2.45) is 0 Å². The molecule has 16 heavy (non-hydrogen) atoms. The van der Waals surface area contributed by atoms with Crippen LogP contribution in [-0.2, 0) is 12.6 Å². The summed E-state index contributed by atoms with van der Waals surface area (Å²) in [6.45, 7) is 0. The highest BCUT2D eigenvalue weighted by Gasteiger charge is 2.39. The van der Waals surface area contributed by atoms with E-state index in [-0.39, 0.29) is 11.6 Å². The number of aliphatic hydroxyl groups excluding tert-OH is 1. The van der Waals surface area contributed by atoms with E-state index in [1.54, 1.807) is 0 Å². The molecule has 1 aliphatic rings. The van der Waals surface area contributed by atoms with Gasteiger partial charge in [-0.2, -0.15) is 18.3 Å². The molecule has 1 aromatic heterocycles. The van der Waals surface area contributed by atoms with Crippen molar-refractivity contribution >= 4 is 0 Å². The van der Waals surface area contributed by atoms with Crippen molar-refractivity contribution in [3.8, 4) is 0 Å². The number of alkyl halides is 3. The predicted molar refractivity (Wildman–Crippen MR) is 47.4 cm³/mol. The van der Waals surface area contributed by atoms with Gasteiger partial charge in [-0.25, -0.2) is 0 Å². The van der Waals surface area contributed by atoms with Crippen molar-refractivity contribution in [1.29, 1.82) is 0 Å². The lowest BCUT2D eigenvalue weighted by molar-refractivity contribution is -0.142. The van der Waals surface area contributed by atoms with Gasteiger partial charge in [0.2, 0.25) is 0 Å². The van der Waals surface area contributed by atoms with E-state index in [2.05, 4.69) is 5.10 Å². The van der Waals surface area contributed by atoms with E-state index in [0.29, 0.717) is 0 Å². The molecule has 1 aliphatic carbocycles. The van der Waals surface area contributed by atoms with Crippen LogP contribution in [0.2, 0.25) is 0 Å². The molecule has 1 fully saturated rings. The first-order chi connectivity index (χ1) is 7.38. The average Bonchev–Trinajstić information content (AvgIpc) is 2.86. The van der Waals surface area contributed by atoms with Crippen molar-refractivity contribution in [2.75, 3.05) is 0 Å². The Hall–Kier alpha value is -1.08. The molecule has 0 aliphatic heterocycles. The lowest BCUT2D eigenvalue weighted by Gasteiger charge is -2.06. The number of halogens is 3. The topological polar surface area (TPSA) is 58.3 Å². The van der Waals surface area contributed by atoms with Gasteiger partial charge in [0, 0.05) is 18.2 Å². The van der Waals surface area contributed by atoms with Gasteiger partial charge in [0.1, 0.15) is 0 Å². The number of aliphatic hydroxyl groups is 2. The van der Waals surface area contributed by atoms with E-state index in [9.17, 15) is 13.2 Å². The molecule has 0 amide bonds. The summed E-state index contributed by atoms with van der Waals surface area (Å²) in [5, 5.41) is 20.9. The summed E-state index contributed by atoms with van der Waals surface area (Å²) in [6.07, 6.45) is -3.91. The standard InChI is InChI=1S/C9H11F3N2O2/c10-9(11,12)8-5(3-7(15)16)4-14(13-8)6-1-2-6/h4,6-7,15-16H,1-3H2. The molecule has 7 heteroatoms. The van der Waals surface area contributed by atoms with Crippen LogP contribution >= 0.6 is 0 Å². The zero-order chi connectivity index (χ0) is 11.9. The Morgan fingerprint density at radius 3 is 2.50 bits per heavy atom. The van der Waals surface area contributed by atoms with Crippen LogP contribution in [0.3, 0.4) is 0 Å². The first-order valence-corrected chi connectivity index (χ1v) is 4.89. The fourth-order valence-electron chi connectivity index (χ4n) is 1.54. The van der Waals surface area contributed by atoms with E-state index in [1.165, 1.54) is 10.9 Å². The molecule has 0 unspecified atom stereocenters. The first-order valence-electron chi connectivity index (χ1n) is 4.89. The van der Waals surface area contributed by atoms with Crippen LogP contribution in [0.15, 0.2) is 6.20 Å². The SMILES string of the molecule is OC(O)Cc1cn(C2CC2)nc1C(F)(F)F. The van der Waals surface area contributed by atoms with E-state index in [0.717, 1.165) is 12.8 Å². The van der Waals surface area contributed by atoms with Crippen LogP contribution in [0.5, 0.6) is 0 Å². The van der Waals surface area contributed by atoms with Gasteiger partial charge >= 0.3 is 6.18 Å². The second-order valence-corrected chi connectivity index (χ2v) is 3.90. The molecule has 0 radical (unpaired) electrons. The molecule has 0 aromatic carbocycles. The van der Waals surface area contributed by atoms with Gasteiger partial charge in [0.25, 0.3) is 0 Å². The van der Waals surface area contributed by atoms with Gasteiger partial charge < -0.3 is 10.2 Å². The Bertz CT molecular complexity index is 383. The number of nitrogens with zero attached hydrogens (tertiary/aromatic N) is 2. The molecule has 4 nitrogen and oxygen atoms in total. The van der Waals surface area contributed by atoms with Crippen LogP contribution in [0, 0.1) is 0 Å². The molecule has 0 atom stereocenters. The maximum atomic E-state index is 12.6. The zero-order valence-corrected chi connectivity index (χ0v) is 8.28. The Morgan fingerprint density at radius 2 is 2.06 bits per heavy atom. The summed E-state index contributed by atoms with van der Waals surface area (Å²) < 4.78 is 38.9. The molecule has 1 heterocycles. The Morgan fingerprint density at radius 1 is 1.44 bits per heavy atom. The van der Waals surface area contributed by atoms with Crippen LogP contribution in [-0.4, -0.2) is 26.3 Å². The number of hydrogen-bond donors (Lipinski definition) is 2. The lowest BCUT2D eigenvalue weighted by Crippen LogP contribution is -2.14. The zero-order valence-electron chi connectivity index (χ0n) is 8.28. The average molecular weight is 236 g/mol. The Balaban J connectivity index is 2.31. The molecule has 0 saturated heterocycles. The summed E-state index contributed by atoms with van der Waals surface area (Å²) in [4.78, 5) is 0. The Kier molecular flexibility index (Phi) is 2.67. The van der Waals surface area contributed by atoms with Crippen LogP contribution in [0.4, 0.5) is 13.2 Å². The molecule has 1 saturated carbocycles. The second kappa shape index (κ2) is 3.74.